The fraction of sp³-hybridized carbons (Fsp3) is 0.312. The monoisotopic (exact) mass is 349 g/mol. The highest BCUT2D eigenvalue weighted by molar-refractivity contribution is 5.88. The van der Waals surface area contributed by atoms with Gasteiger partial charge >= 0.3 is 6.03 Å². The molecule has 3 rings (SSSR count). The molecule has 1 aliphatic heterocycles. The zero-order valence-corrected chi connectivity index (χ0v) is 13.4. The quantitative estimate of drug-likeness (QED) is 0.781. The Bertz CT molecular complexity index is 736. The number of halogens is 2. The zero-order valence-electron chi connectivity index (χ0n) is 13.4. The van der Waals surface area contributed by atoms with Crippen molar-refractivity contribution in [3.63, 3.8) is 0 Å². The van der Waals surface area contributed by atoms with Crippen LogP contribution in [0.15, 0.2) is 30.7 Å². The summed E-state index contributed by atoms with van der Waals surface area (Å²) in [5.41, 5.74) is -0.0735. The van der Waals surface area contributed by atoms with Crippen molar-refractivity contribution in [3.8, 4) is 5.75 Å². The lowest BCUT2D eigenvalue weighted by molar-refractivity contribution is 0.248. The Morgan fingerprint density at radius 3 is 2.68 bits per heavy atom. The molecule has 0 spiro atoms. The molecule has 3 N–H and O–H groups in total. The lowest BCUT2D eigenvalue weighted by atomic mass is 9.93. The first kappa shape index (κ1) is 17.0. The van der Waals surface area contributed by atoms with E-state index in [1.54, 1.807) is 0 Å². The minimum atomic E-state index is -0.702. The first-order chi connectivity index (χ1) is 12.1. The standard InChI is InChI=1S/C16H17F2N5O2/c1-25-9-4-11(17)15(12(18)5-9)10-6-20-7-13(10)22-16(24)23-14-8-19-2-3-21-14/h2-5,8,10,13,20H,6-7H2,1H3,(H2,21,22,23,24)/t10-,13-/m1/s1. The van der Waals surface area contributed by atoms with Gasteiger partial charge in [0.1, 0.15) is 17.4 Å². The number of ether oxygens (including phenoxy) is 1. The minimum Gasteiger partial charge on any atom is -0.497 e. The summed E-state index contributed by atoms with van der Waals surface area (Å²) >= 11 is 0. The fourth-order valence-corrected chi connectivity index (χ4v) is 2.85. The third-order valence-electron chi connectivity index (χ3n) is 3.99. The first-order valence-corrected chi connectivity index (χ1v) is 7.65. The molecule has 1 fully saturated rings. The van der Waals surface area contributed by atoms with Crippen LogP contribution in [0.1, 0.15) is 11.5 Å². The molecule has 132 valence electrons. The van der Waals surface area contributed by atoms with Gasteiger partial charge in [-0.1, -0.05) is 0 Å². The van der Waals surface area contributed by atoms with Gasteiger partial charge in [0.2, 0.25) is 0 Å². The zero-order chi connectivity index (χ0) is 17.8. The lowest BCUT2D eigenvalue weighted by Crippen LogP contribution is -2.42. The van der Waals surface area contributed by atoms with E-state index < -0.39 is 29.6 Å². The van der Waals surface area contributed by atoms with Crippen molar-refractivity contribution >= 4 is 11.8 Å². The molecule has 0 bridgehead atoms. The summed E-state index contributed by atoms with van der Waals surface area (Å²) in [6.45, 7) is 0.736. The van der Waals surface area contributed by atoms with Crippen LogP contribution in [-0.4, -0.2) is 42.2 Å². The van der Waals surface area contributed by atoms with Gasteiger partial charge in [-0.3, -0.25) is 10.3 Å². The number of hydrogen-bond donors (Lipinski definition) is 3. The van der Waals surface area contributed by atoms with Crippen molar-refractivity contribution in [2.24, 2.45) is 0 Å². The number of amides is 2. The maximum Gasteiger partial charge on any atom is 0.320 e. The van der Waals surface area contributed by atoms with Crippen LogP contribution in [0.2, 0.25) is 0 Å². The normalized spacial score (nSPS) is 19.5. The van der Waals surface area contributed by atoms with Gasteiger partial charge in [-0.25, -0.2) is 18.6 Å². The topological polar surface area (TPSA) is 88.2 Å². The molecule has 0 unspecified atom stereocenters. The van der Waals surface area contributed by atoms with Crippen molar-refractivity contribution in [1.29, 1.82) is 0 Å². The highest BCUT2D eigenvalue weighted by Crippen LogP contribution is 2.30. The van der Waals surface area contributed by atoms with Gasteiger partial charge in [-0.2, -0.15) is 0 Å². The number of aromatic nitrogens is 2. The summed E-state index contributed by atoms with van der Waals surface area (Å²) in [7, 11) is 1.34. The number of hydrogen-bond acceptors (Lipinski definition) is 5. The second-order valence-corrected chi connectivity index (χ2v) is 5.57. The Labute approximate surface area is 142 Å². The van der Waals surface area contributed by atoms with Crippen LogP contribution in [0.3, 0.4) is 0 Å². The largest absolute Gasteiger partial charge is 0.497 e. The number of carbonyl (C=O) groups excluding carboxylic acids is 1. The van der Waals surface area contributed by atoms with Gasteiger partial charge in [0.05, 0.1) is 19.3 Å². The van der Waals surface area contributed by atoms with E-state index in [-0.39, 0.29) is 17.1 Å². The van der Waals surface area contributed by atoms with Crippen LogP contribution < -0.4 is 20.7 Å². The van der Waals surface area contributed by atoms with Crippen LogP contribution in [0.5, 0.6) is 5.75 Å². The third-order valence-corrected chi connectivity index (χ3v) is 3.99. The summed E-state index contributed by atoms with van der Waals surface area (Å²) in [6, 6.07) is 1.27. The predicted octanol–water partition coefficient (Wildman–Crippen LogP) is 1.64. The second kappa shape index (κ2) is 7.39. The minimum absolute atomic E-state index is 0.0735. The molecule has 1 saturated heterocycles. The number of benzene rings is 1. The first-order valence-electron chi connectivity index (χ1n) is 7.65. The molecule has 2 aromatic rings. The summed E-state index contributed by atoms with van der Waals surface area (Å²) in [4.78, 5) is 19.9. The Hall–Kier alpha value is -2.81. The van der Waals surface area contributed by atoms with Gasteiger partial charge in [0.15, 0.2) is 5.82 Å². The molecule has 2 atom stereocenters. The van der Waals surface area contributed by atoms with E-state index >= 15 is 0 Å². The van der Waals surface area contributed by atoms with Gasteiger partial charge in [-0.05, 0) is 0 Å². The second-order valence-electron chi connectivity index (χ2n) is 5.57. The third kappa shape index (κ3) is 3.82. The summed E-state index contributed by atoms with van der Waals surface area (Å²) in [6.07, 6.45) is 4.32. The highest BCUT2D eigenvalue weighted by atomic mass is 19.1. The molecule has 2 amide bonds. The van der Waals surface area contributed by atoms with E-state index in [1.807, 2.05) is 0 Å². The molecule has 2 heterocycles. The fourth-order valence-electron chi connectivity index (χ4n) is 2.85. The van der Waals surface area contributed by atoms with E-state index in [9.17, 15) is 13.6 Å². The maximum atomic E-state index is 14.3. The summed E-state index contributed by atoms with van der Waals surface area (Å²) < 4.78 is 33.5. The number of carbonyl (C=O) groups is 1. The number of urea groups is 1. The molecule has 1 aromatic carbocycles. The molecule has 0 aliphatic carbocycles. The van der Waals surface area contributed by atoms with Crippen LogP contribution in [-0.2, 0) is 0 Å². The van der Waals surface area contributed by atoms with Crippen molar-refractivity contribution in [2.75, 3.05) is 25.5 Å². The maximum absolute atomic E-state index is 14.3. The van der Waals surface area contributed by atoms with Crippen LogP contribution in [0.25, 0.3) is 0 Å². The number of methoxy groups -OCH3 is 1. The smallest absolute Gasteiger partial charge is 0.320 e. The molecular weight excluding hydrogens is 332 g/mol. The van der Waals surface area contributed by atoms with Crippen molar-refractivity contribution in [3.05, 3.63) is 47.9 Å². The van der Waals surface area contributed by atoms with E-state index in [4.69, 9.17) is 4.74 Å². The molecule has 25 heavy (non-hydrogen) atoms. The van der Waals surface area contributed by atoms with Crippen LogP contribution >= 0.6 is 0 Å². The number of anilines is 1. The van der Waals surface area contributed by atoms with Gasteiger partial charge in [0.25, 0.3) is 0 Å². The van der Waals surface area contributed by atoms with Crippen molar-refractivity contribution in [1.82, 2.24) is 20.6 Å². The average Bonchev–Trinajstić information content (AvgIpc) is 3.02. The number of rotatable bonds is 4. The van der Waals surface area contributed by atoms with Gasteiger partial charge in [-0.15, -0.1) is 0 Å². The summed E-state index contributed by atoms with van der Waals surface area (Å²) in [5.74, 6) is -1.56. The van der Waals surface area contributed by atoms with Crippen LogP contribution in [0.4, 0.5) is 19.4 Å². The number of nitrogens with zero attached hydrogens (tertiary/aromatic N) is 2. The van der Waals surface area contributed by atoms with Crippen molar-refractivity contribution in [2.45, 2.75) is 12.0 Å². The molecule has 0 radical (unpaired) electrons. The molecule has 1 aromatic heterocycles. The van der Waals surface area contributed by atoms with Crippen molar-refractivity contribution < 1.29 is 18.3 Å². The van der Waals surface area contributed by atoms with E-state index in [1.165, 1.54) is 25.7 Å². The SMILES string of the molecule is COc1cc(F)c([C@@H]2CNC[C@H]2NC(=O)Nc2cnccn2)c(F)c1. The average molecular weight is 349 g/mol. The van der Waals surface area contributed by atoms with E-state index in [0.717, 1.165) is 12.1 Å². The van der Waals surface area contributed by atoms with E-state index in [2.05, 4.69) is 25.9 Å². The molecule has 0 saturated carbocycles. The molecule has 1 aliphatic rings. The Morgan fingerprint density at radius 2 is 2.04 bits per heavy atom. The molecule has 7 nitrogen and oxygen atoms in total. The highest BCUT2D eigenvalue weighted by Gasteiger charge is 2.34. The number of nitrogens with one attached hydrogen (secondary N) is 3. The summed E-state index contributed by atoms with van der Waals surface area (Å²) in [5, 5.41) is 8.28. The van der Waals surface area contributed by atoms with E-state index in [0.29, 0.717) is 13.1 Å². The molecular formula is C16H17F2N5O2. The van der Waals surface area contributed by atoms with Gasteiger partial charge < -0.3 is 15.4 Å². The Balaban J connectivity index is 1.74. The molecule has 9 heteroatoms. The predicted molar refractivity (Wildman–Crippen MR) is 86.5 cm³/mol. The Kier molecular flexibility index (Phi) is 5.03. The lowest BCUT2D eigenvalue weighted by Gasteiger charge is -2.21. The van der Waals surface area contributed by atoms with Crippen LogP contribution in [0, 0.1) is 11.6 Å². The van der Waals surface area contributed by atoms with Gasteiger partial charge in [0, 0.05) is 49.1 Å². The Morgan fingerprint density at radius 1 is 1.28 bits per heavy atom.